The first-order chi connectivity index (χ1) is 7.95. The lowest BCUT2D eigenvalue weighted by Gasteiger charge is -2.14. The molecule has 94 valence electrons. The van der Waals surface area contributed by atoms with Crippen molar-refractivity contribution in [1.29, 1.82) is 0 Å². The van der Waals surface area contributed by atoms with Crippen molar-refractivity contribution in [2.45, 2.75) is 40.0 Å². The minimum atomic E-state index is 0.102. The summed E-state index contributed by atoms with van der Waals surface area (Å²) in [6, 6.07) is 3.83. The number of rotatable bonds is 5. The smallest absolute Gasteiger partial charge is 0.169 e. The van der Waals surface area contributed by atoms with Crippen LogP contribution in [0.15, 0.2) is 12.1 Å². The maximum absolute atomic E-state index is 11.2. The highest BCUT2D eigenvalue weighted by Gasteiger charge is 2.10. The van der Waals surface area contributed by atoms with Crippen molar-refractivity contribution in [3.05, 3.63) is 28.3 Å². The second kappa shape index (κ2) is 6.06. The van der Waals surface area contributed by atoms with Crippen LogP contribution in [0.3, 0.4) is 0 Å². The molecule has 0 N–H and O–H groups in total. The zero-order valence-corrected chi connectivity index (χ0v) is 11.6. The Balaban J connectivity index is 2.92. The van der Waals surface area contributed by atoms with Crippen LogP contribution in [0.25, 0.3) is 0 Å². The van der Waals surface area contributed by atoms with Gasteiger partial charge in [-0.15, -0.1) is 0 Å². The van der Waals surface area contributed by atoms with Crippen molar-refractivity contribution < 1.29 is 9.53 Å². The minimum Gasteiger partial charge on any atom is -0.486 e. The number of halogens is 1. The van der Waals surface area contributed by atoms with E-state index < -0.39 is 0 Å². The lowest BCUT2D eigenvalue weighted by Crippen LogP contribution is -2.10. The highest BCUT2D eigenvalue weighted by molar-refractivity contribution is 6.31. The molecule has 2 nitrogen and oxygen atoms in total. The lowest BCUT2D eigenvalue weighted by atomic mass is 10.0. The summed E-state index contributed by atoms with van der Waals surface area (Å²) in [5.74, 6) is 1.19. The SMILES string of the molecule is CCC(=O)COc1cc(C(C)C)c(Cl)cc1C. The standard InChI is InChI=1S/C14H19ClO2/c1-5-11(16)8-17-14-7-12(9(2)3)13(15)6-10(14)4/h6-7,9H,5,8H2,1-4H3. The van der Waals surface area contributed by atoms with E-state index in [1.54, 1.807) is 0 Å². The highest BCUT2D eigenvalue weighted by Crippen LogP contribution is 2.31. The number of benzene rings is 1. The summed E-state index contributed by atoms with van der Waals surface area (Å²) in [6.07, 6.45) is 0.504. The van der Waals surface area contributed by atoms with Gasteiger partial charge in [-0.2, -0.15) is 0 Å². The number of ketones is 1. The Hall–Kier alpha value is -1.02. The third-order valence-electron chi connectivity index (χ3n) is 2.70. The Kier molecular flexibility index (Phi) is 5.01. The van der Waals surface area contributed by atoms with Crippen LogP contribution in [0.4, 0.5) is 0 Å². The van der Waals surface area contributed by atoms with Crippen molar-refractivity contribution in [2.24, 2.45) is 0 Å². The number of ether oxygens (including phenoxy) is 1. The molecule has 0 saturated carbocycles. The van der Waals surface area contributed by atoms with Gasteiger partial charge in [0.05, 0.1) is 0 Å². The van der Waals surface area contributed by atoms with Crippen LogP contribution in [0.1, 0.15) is 44.2 Å². The molecule has 0 aromatic heterocycles. The van der Waals surface area contributed by atoms with E-state index in [1.165, 1.54) is 0 Å². The molecule has 1 aromatic carbocycles. The molecule has 0 spiro atoms. The van der Waals surface area contributed by atoms with Crippen LogP contribution in [0, 0.1) is 6.92 Å². The van der Waals surface area contributed by atoms with Crippen molar-refractivity contribution in [3.8, 4) is 5.75 Å². The van der Waals surface area contributed by atoms with Crippen LogP contribution in [-0.2, 0) is 4.79 Å². The molecule has 0 aliphatic carbocycles. The molecule has 0 saturated heterocycles. The fraction of sp³-hybridized carbons (Fsp3) is 0.500. The van der Waals surface area contributed by atoms with E-state index >= 15 is 0 Å². The van der Waals surface area contributed by atoms with E-state index in [9.17, 15) is 4.79 Å². The Morgan fingerprint density at radius 2 is 2.06 bits per heavy atom. The molecule has 17 heavy (non-hydrogen) atoms. The summed E-state index contributed by atoms with van der Waals surface area (Å²) in [4.78, 5) is 11.2. The van der Waals surface area contributed by atoms with Gasteiger partial charge in [-0.3, -0.25) is 4.79 Å². The second-order valence-corrected chi connectivity index (χ2v) is 4.88. The Morgan fingerprint density at radius 3 is 2.59 bits per heavy atom. The van der Waals surface area contributed by atoms with Gasteiger partial charge in [-0.1, -0.05) is 32.4 Å². The fourth-order valence-electron chi connectivity index (χ4n) is 1.53. The molecule has 0 fully saturated rings. The summed E-state index contributed by atoms with van der Waals surface area (Å²) in [5, 5.41) is 0.756. The van der Waals surface area contributed by atoms with Gasteiger partial charge in [0.15, 0.2) is 5.78 Å². The molecule has 1 rings (SSSR count). The normalized spacial score (nSPS) is 10.7. The molecule has 0 unspecified atom stereocenters. The molecule has 0 aliphatic heterocycles. The highest BCUT2D eigenvalue weighted by atomic mass is 35.5. The summed E-state index contributed by atoms with van der Waals surface area (Å²) in [7, 11) is 0. The fourth-order valence-corrected chi connectivity index (χ4v) is 1.96. The minimum absolute atomic E-state index is 0.102. The van der Waals surface area contributed by atoms with Gasteiger partial charge in [0.1, 0.15) is 12.4 Å². The van der Waals surface area contributed by atoms with Gasteiger partial charge in [-0.05, 0) is 36.1 Å². The van der Waals surface area contributed by atoms with E-state index in [1.807, 2.05) is 26.0 Å². The molecule has 1 aromatic rings. The Bertz CT molecular complexity index is 411. The van der Waals surface area contributed by atoms with Gasteiger partial charge in [-0.25, -0.2) is 0 Å². The number of aryl methyl sites for hydroxylation is 1. The Labute approximate surface area is 108 Å². The van der Waals surface area contributed by atoms with Crippen molar-refractivity contribution in [1.82, 2.24) is 0 Å². The summed E-state index contributed by atoms with van der Waals surface area (Å²) < 4.78 is 5.53. The van der Waals surface area contributed by atoms with Crippen LogP contribution >= 0.6 is 11.6 Å². The second-order valence-electron chi connectivity index (χ2n) is 4.47. The predicted octanol–water partition coefficient (Wildman–Crippen LogP) is 4.13. The van der Waals surface area contributed by atoms with E-state index in [0.29, 0.717) is 12.3 Å². The Morgan fingerprint density at radius 1 is 1.41 bits per heavy atom. The summed E-state index contributed by atoms with van der Waals surface area (Å²) >= 11 is 6.16. The van der Waals surface area contributed by atoms with E-state index in [-0.39, 0.29) is 12.4 Å². The average molecular weight is 255 g/mol. The van der Waals surface area contributed by atoms with E-state index in [0.717, 1.165) is 21.9 Å². The molecule has 3 heteroatoms. The van der Waals surface area contributed by atoms with Crippen molar-refractivity contribution in [3.63, 3.8) is 0 Å². The summed E-state index contributed by atoms with van der Waals surface area (Å²) in [6.45, 7) is 8.06. The zero-order chi connectivity index (χ0) is 13.0. The molecular formula is C14H19ClO2. The van der Waals surface area contributed by atoms with Crippen LogP contribution < -0.4 is 4.74 Å². The quantitative estimate of drug-likeness (QED) is 0.790. The van der Waals surface area contributed by atoms with Crippen molar-refractivity contribution in [2.75, 3.05) is 6.61 Å². The third-order valence-corrected chi connectivity index (χ3v) is 3.03. The van der Waals surface area contributed by atoms with Crippen LogP contribution in [-0.4, -0.2) is 12.4 Å². The van der Waals surface area contributed by atoms with Crippen molar-refractivity contribution >= 4 is 17.4 Å². The van der Waals surface area contributed by atoms with E-state index in [4.69, 9.17) is 16.3 Å². The van der Waals surface area contributed by atoms with Gasteiger partial charge in [0, 0.05) is 11.4 Å². The largest absolute Gasteiger partial charge is 0.486 e. The predicted molar refractivity (Wildman–Crippen MR) is 71.1 cm³/mol. The number of Topliss-reactive ketones (excluding diaryl/α,β-unsaturated/α-hetero) is 1. The number of carbonyl (C=O) groups is 1. The van der Waals surface area contributed by atoms with Gasteiger partial charge < -0.3 is 4.74 Å². The maximum Gasteiger partial charge on any atom is 0.169 e. The monoisotopic (exact) mass is 254 g/mol. The first kappa shape index (κ1) is 14.0. The maximum atomic E-state index is 11.2. The zero-order valence-electron chi connectivity index (χ0n) is 10.8. The molecule has 0 amide bonds. The van der Waals surface area contributed by atoms with Gasteiger partial charge in [0.2, 0.25) is 0 Å². The molecule has 0 radical (unpaired) electrons. The molecule has 0 bridgehead atoms. The first-order valence-corrected chi connectivity index (χ1v) is 6.28. The number of hydrogen-bond donors (Lipinski definition) is 0. The van der Waals surface area contributed by atoms with Crippen LogP contribution in [0.5, 0.6) is 5.75 Å². The topological polar surface area (TPSA) is 26.3 Å². The molecule has 0 atom stereocenters. The van der Waals surface area contributed by atoms with Gasteiger partial charge in [0.25, 0.3) is 0 Å². The molecule has 0 aliphatic rings. The van der Waals surface area contributed by atoms with Gasteiger partial charge >= 0.3 is 0 Å². The first-order valence-electron chi connectivity index (χ1n) is 5.90. The number of hydrogen-bond acceptors (Lipinski definition) is 2. The lowest BCUT2D eigenvalue weighted by molar-refractivity contribution is -0.120. The molecule has 0 heterocycles. The summed E-state index contributed by atoms with van der Waals surface area (Å²) in [5.41, 5.74) is 2.01. The molecular weight excluding hydrogens is 236 g/mol. The number of carbonyl (C=O) groups excluding carboxylic acids is 1. The van der Waals surface area contributed by atoms with Crippen LogP contribution in [0.2, 0.25) is 5.02 Å². The van der Waals surface area contributed by atoms with E-state index in [2.05, 4.69) is 13.8 Å². The third kappa shape index (κ3) is 3.74. The average Bonchev–Trinajstić information content (AvgIpc) is 2.26.